The summed E-state index contributed by atoms with van der Waals surface area (Å²) in [6.45, 7) is 0.620. The molecule has 3 nitrogen and oxygen atoms in total. The Bertz CT molecular complexity index is 362. The van der Waals surface area contributed by atoms with E-state index in [4.69, 9.17) is 5.73 Å². The lowest BCUT2D eigenvalue weighted by Crippen LogP contribution is -2.36. The summed E-state index contributed by atoms with van der Waals surface area (Å²) in [4.78, 5) is 4.22. The van der Waals surface area contributed by atoms with Crippen molar-refractivity contribution < 1.29 is 0 Å². The molecule has 0 spiro atoms. The Labute approximate surface area is 118 Å². The topological polar surface area (TPSA) is 50.9 Å². The van der Waals surface area contributed by atoms with E-state index in [1.165, 1.54) is 44.1 Å². The van der Waals surface area contributed by atoms with E-state index in [1.54, 1.807) is 0 Å². The number of rotatable bonds is 4. The molecule has 1 aliphatic rings. The van der Waals surface area contributed by atoms with Crippen molar-refractivity contribution in [1.82, 2.24) is 10.3 Å². The Balaban J connectivity index is 1.99. The average Bonchev–Trinajstić information content (AvgIpc) is 2.64. The molecule has 4 heteroatoms. The standard InChI is InChI=1S/C14H22BrN3/c15-12-7-11(9-17-10-12)14(8-16)18-13-5-3-1-2-4-6-13/h7,9-10,13-14,18H,1-6,8,16H2. The van der Waals surface area contributed by atoms with E-state index in [0.717, 1.165) is 4.47 Å². The van der Waals surface area contributed by atoms with E-state index >= 15 is 0 Å². The zero-order valence-electron chi connectivity index (χ0n) is 10.7. The van der Waals surface area contributed by atoms with Crippen LogP contribution in [-0.4, -0.2) is 17.6 Å². The fourth-order valence-electron chi connectivity index (χ4n) is 2.65. The summed E-state index contributed by atoms with van der Waals surface area (Å²) in [5.74, 6) is 0. The molecule has 18 heavy (non-hydrogen) atoms. The molecule has 0 aliphatic heterocycles. The van der Waals surface area contributed by atoms with Gasteiger partial charge in [0.05, 0.1) is 0 Å². The van der Waals surface area contributed by atoms with Gasteiger partial charge in [-0.05, 0) is 40.4 Å². The van der Waals surface area contributed by atoms with Crippen LogP contribution in [-0.2, 0) is 0 Å². The lowest BCUT2D eigenvalue weighted by atomic mass is 10.0. The van der Waals surface area contributed by atoms with Crippen LogP contribution in [0.2, 0.25) is 0 Å². The molecular formula is C14H22BrN3. The molecule has 1 saturated carbocycles. The van der Waals surface area contributed by atoms with Crippen LogP contribution in [0.25, 0.3) is 0 Å². The fourth-order valence-corrected chi connectivity index (χ4v) is 3.03. The quantitative estimate of drug-likeness (QED) is 0.840. The zero-order valence-corrected chi connectivity index (χ0v) is 12.3. The second-order valence-electron chi connectivity index (χ2n) is 5.08. The van der Waals surface area contributed by atoms with E-state index < -0.39 is 0 Å². The number of nitrogens with one attached hydrogen (secondary N) is 1. The van der Waals surface area contributed by atoms with Crippen LogP contribution >= 0.6 is 15.9 Å². The lowest BCUT2D eigenvalue weighted by molar-refractivity contribution is 0.402. The average molecular weight is 312 g/mol. The minimum absolute atomic E-state index is 0.220. The van der Waals surface area contributed by atoms with Gasteiger partial charge in [-0.25, -0.2) is 0 Å². The Hall–Kier alpha value is -0.450. The highest BCUT2D eigenvalue weighted by molar-refractivity contribution is 9.10. The Morgan fingerprint density at radius 3 is 2.61 bits per heavy atom. The highest BCUT2D eigenvalue weighted by Crippen LogP contribution is 2.21. The highest BCUT2D eigenvalue weighted by atomic mass is 79.9. The largest absolute Gasteiger partial charge is 0.329 e. The lowest BCUT2D eigenvalue weighted by Gasteiger charge is -2.24. The van der Waals surface area contributed by atoms with E-state index in [2.05, 4.69) is 32.3 Å². The van der Waals surface area contributed by atoms with Gasteiger partial charge in [0.25, 0.3) is 0 Å². The molecule has 0 radical (unpaired) electrons. The second kappa shape index (κ2) is 7.22. The van der Waals surface area contributed by atoms with Crippen molar-refractivity contribution in [2.45, 2.75) is 50.6 Å². The van der Waals surface area contributed by atoms with Crippen LogP contribution in [0, 0.1) is 0 Å². The Morgan fingerprint density at radius 2 is 2.00 bits per heavy atom. The van der Waals surface area contributed by atoms with Crippen molar-refractivity contribution in [3.05, 3.63) is 28.5 Å². The van der Waals surface area contributed by atoms with Gasteiger partial charge < -0.3 is 11.1 Å². The molecule has 1 atom stereocenters. The van der Waals surface area contributed by atoms with Gasteiger partial charge in [-0.1, -0.05) is 25.7 Å². The molecule has 0 amide bonds. The van der Waals surface area contributed by atoms with Crippen molar-refractivity contribution in [1.29, 1.82) is 0 Å². The summed E-state index contributed by atoms with van der Waals surface area (Å²) in [6.07, 6.45) is 11.7. The molecule has 2 rings (SSSR count). The molecular weight excluding hydrogens is 290 g/mol. The molecule has 3 N–H and O–H groups in total. The molecule has 1 unspecified atom stereocenters. The third kappa shape index (κ3) is 4.04. The number of pyridine rings is 1. The summed E-state index contributed by atoms with van der Waals surface area (Å²) < 4.78 is 1.01. The number of hydrogen-bond acceptors (Lipinski definition) is 3. The van der Waals surface area contributed by atoms with Crippen LogP contribution < -0.4 is 11.1 Å². The van der Waals surface area contributed by atoms with Gasteiger partial charge in [0, 0.05) is 35.5 Å². The molecule has 0 saturated heterocycles. The third-order valence-corrected chi connectivity index (χ3v) is 4.09. The number of halogens is 1. The van der Waals surface area contributed by atoms with Crippen LogP contribution in [0.15, 0.2) is 22.9 Å². The number of hydrogen-bond donors (Lipinski definition) is 2. The fraction of sp³-hybridized carbons (Fsp3) is 0.643. The van der Waals surface area contributed by atoms with Gasteiger partial charge in [0.15, 0.2) is 0 Å². The van der Waals surface area contributed by atoms with Crippen LogP contribution in [0.4, 0.5) is 0 Å². The molecule has 100 valence electrons. The molecule has 1 aliphatic carbocycles. The van der Waals surface area contributed by atoms with Crippen LogP contribution in [0.3, 0.4) is 0 Å². The maximum absolute atomic E-state index is 5.91. The van der Waals surface area contributed by atoms with Crippen LogP contribution in [0.5, 0.6) is 0 Å². The number of nitrogens with two attached hydrogens (primary N) is 1. The molecule has 1 aromatic heterocycles. The summed E-state index contributed by atoms with van der Waals surface area (Å²) >= 11 is 3.47. The summed E-state index contributed by atoms with van der Waals surface area (Å²) in [6, 6.07) is 2.94. The first-order valence-corrected chi connectivity index (χ1v) is 7.65. The van der Waals surface area contributed by atoms with Crippen molar-refractivity contribution >= 4 is 15.9 Å². The van der Waals surface area contributed by atoms with Gasteiger partial charge in [-0.3, -0.25) is 4.98 Å². The third-order valence-electron chi connectivity index (χ3n) is 3.66. The van der Waals surface area contributed by atoms with Gasteiger partial charge >= 0.3 is 0 Å². The van der Waals surface area contributed by atoms with E-state index in [9.17, 15) is 0 Å². The summed E-state index contributed by atoms with van der Waals surface area (Å²) in [5.41, 5.74) is 7.08. The first-order chi connectivity index (χ1) is 8.79. The van der Waals surface area contributed by atoms with Gasteiger partial charge in [-0.2, -0.15) is 0 Å². The second-order valence-corrected chi connectivity index (χ2v) is 6.00. The first-order valence-electron chi connectivity index (χ1n) is 6.86. The van der Waals surface area contributed by atoms with Crippen molar-refractivity contribution in [3.8, 4) is 0 Å². The summed E-state index contributed by atoms with van der Waals surface area (Å²) in [7, 11) is 0. The molecule has 0 bridgehead atoms. The minimum Gasteiger partial charge on any atom is -0.329 e. The molecule has 1 heterocycles. The Morgan fingerprint density at radius 1 is 1.28 bits per heavy atom. The minimum atomic E-state index is 0.220. The van der Waals surface area contributed by atoms with Crippen molar-refractivity contribution in [2.24, 2.45) is 5.73 Å². The maximum atomic E-state index is 5.91. The van der Waals surface area contributed by atoms with Crippen LogP contribution in [0.1, 0.15) is 50.1 Å². The highest BCUT2D eigenvalue weighted by Gasteiger charge is 2.17. The molecule has 0 aromatic carbocycles. The van der Waals surface area contributed by atoms with E-state index in [1.807, 2.05) is 12.4 Å². The predicted molar refractivity (Wildman–Crippen MR) is 78.4 cm³/mol. The zero-order chi connectivity index (χ0) is 12.8. The summed E-state index contributed by atoms with van der Waals surface area (Å²) in [5, 5.41) is 3.70. The van der Waals surface area contributed by atoms with Crippen molar-refractivity contribution in [3.63, 3.8) is 0 Å². The molecule has 1 fully saturated rings. The number of aromatic nitrogens is 1. The van der Waals surface area contributed by atoms with Crippen molar-refractivity contribution in [2.75, 3.05) is 6.54 Å². The van der Waals surface area contributed by atoms with E-state index in [0.29, 0.717) is 12.6 Å². The smallest absolute Gasteiger partial charge is 0.0462 e. The van der Waals surface area contributed by atoms with Gasteiger partial charge in [-0.15, -0.1) is 0 Å². The first kappa shape index (κ1) is 14.0. The van der Waals surface area contributed by atoms with E-state index in [-0.39, 0.29) is 6.04 Å². The monoisotopic (exact) mass is 311 g/mol. The SMILES string of the molecule is NCC(NC1CCCCCC1)c1cncc(Br)c1. The Kier molecular flexibility index (Phi) is 5.60. The predicted octanol–water partition coefficient (Wildman–Crippen LogP) is 3.16. The van der Waals surface area contributed by atoms with Gasteiger partial charge in [0.1, 0.15) is 0 Å². The number of nitrogens with zero attached hydrogens (tertiary/aromatic N) is 1. The normalized spacial score (nSPS) is 19.4. The molecule has 1 aromatic rings. The van der Waals surface area contributed by atoms with Gasteiger partial charge in [0.2, 0.25) is 0 Å². The maximum Gasteiger partial charge on any atom is 0.0462 e.